The maximum absolute atomic E-state index is 6.25. The molecule has 3 aliphatic rings. The molecule has 126 valence electrons. The summed E-state index contributed by atoms with van der Waals surface area (Å²) in [7, 11) is 0. The molecule has 0 radical (unpaired) electrons. The molecule has 7 heteroatoms. The van der Waals surface area contributed by atoms with Crippen LogP contribution < -0.4 is 10.6 Å². The summed E-state index contributed by atoms with van der Waals surface area (Å²) < 4.78 is 0. The summed E-state index contributed by atoms with van der Waals surface area (Å²) >= 11 is 0. The second kappa shape index (κ2) is 6.78. The molecule has 2 heterocycles. The highest BCUT2D eigenvalue weighted by atomic mass is 127. The van der Waals surface area contributed by atoms with Crippen LogP contribution >= 0.6 is 24.0 Å². The Kier molecular flexibility index (Phi) is 4.93. The van der Waals surface area contributed by atoms with E-state index >= 15 is 0 Å². The van der Waals surface area contributed by atoms with Crippen LogP contribution in [0.1, 0.15) is 32.1 Å². The third-order valence-corrected chi connectivity index (χ3v) is 5.47. The molecule has 0 amide bonds. The Morgan fingerprint density at radius 1 is 1.13 bits per heavy atom. The number of aliphatic imine (C=N–C) groups is 1. The zero-order valence-corrected chi connectivity index (χ0v) is 15.7. The van der Waals surface area contributed by atoms with Gasteiger partial charge < -0.3 is 15.5 Å². The van der Waals surface area contributed by atoms with Gasteiger partial charge in [0, 0.05) is 38.6 Å². The number of nitrogens with zero attached hydrogens (tertiary/aromatic N) is 5. The molecule has 2 saturated carbocycles. The molecule has 2 N–H and O–H groups in total. The second-order valence-electron chi connectivity index (χ2n) is 6.80. The Hall–Kier alpha value is -1.12. The first kappa shape index (κ1) is 16.7. The van der Waals surface area contributed by atoms with Gasteiger partial charge in [0.25, 0.3) is 0 Å². The molecule has 1 aromatic heterocycles. The Morgan fingerprint density at radius 3 is 2.43 bits per heavy atom. The van der Waals surface area contributed by atoms with Gasteiger partial charge in [-0.25, -0.2) is 15.0 Å². The van der Waals surface area contributed by atoms with Crippen molar-refractivity contribution >= 4 is 35.9 Å². The zero-order valence-electron chi connectivity index (χ0n) is 13.4. The molecule has 0 aromatic carbocycles. The van der Waals surface area contributed by atoms with Crippen LogP contribution in [0.15, 0.2) is 23.5 Å². The molecule has 0 bridgehead atoms. The first-order valence-corrected chi connectivity index (χ1v) is 8.37. The number of guanidine groups is 1. The monoisotopic (exact) mass is 428 g/mol. The first-order chi connectivity index (χ1) is 10.8. The minimum atomic E-state index is 0. The Morgan fingerprint density at radius 2 is 1.78 bits per heavy atom. The fraction of sp³-hybridized carbons (Fsp3) is 0.688. The number of hydrogen-bond acceptors (Lipinski definition) is 4. The molecular weight excluding hydrogens is 403 g/mol. The quantitative estimate of drug-likeness (QED) is 0.443. The molecule has 1 saturated heterocycles. The Balaban J connectivity index is 0.00000156. The lowest BCUT2D eigenvalue weighted by Crippen LogP contribution is -2.51. The van der Waals surface area contributed by atoms with E-state index in [4.69, 9.17) is 10.7 Å². The van der Waals surface area contributed by atoms with E-state index in [0.29, 0.717) is 11.5 Å². The number of nitrogens with two attached hydrogens (primary N) is 1. The van der Waals surface area contributed by atoms with E-state index in [1.165, 1.54) is 32.1 Å². The highest BCUT2D eigenvalue weighted by Gasteiger charge is 2.55. The molecular formula is C16H25IN6. The summed E-state index contributed by atoms with van der Waals surface area (Å²) in [6.45, 7) is 3.59. The number of hydrogen-bond donors (Lipinski definition) is 1. The normalized spacial score (nSPS) is 26.3. The van der Waals surface area contributed by atoms with Gasteiger partial charge in [0.05, 0.1) is 6.04 Å². The van der Waals surface area contributed by atoms with Gasteiger partial charge in [0.15, 0.2) is 5.96 Å². The van der Waals surface area contributed by atoms with Gasteiger partial charge in [-0.05, 0) is 30.7 Å². The molecule has 1 unspecified atom stereocenters. The maximum atomic E-state index is 6.25. The van der Waals surface area contributed by atoms with Crippen LogP contribution in [0.5, 0.6) is 0 Å². The van der Waals surface area contributed by atoms with Gasteiger partial charge >= 0.3 is 0 Å². The summed E-state index contributed by atoms with van der Waals surface area (Å²) in [6.07, 6.45) is 10.3. The summed E-state index contributed by atoms with van der Waals surface area (Å²) in [4.78, 5) is 17.9. The maximum Gasteiger partial charge on any atom is 0.225 e. The molecule has 1 aliphatic heterocycles. The smallest absolute Gasteiger partial charge is 0.225 e. The Labute approximate surface area is 154 Å². The lowest BCUT2D eigenvalue weighted by molar-refractivity contribution is 0.376. The molecule has 4 rings (SSSR count). The van der Waals surface area contributed by atoms with Gasteiger partial charge in [-0.3, -0.25) is 0 Å². The number of aromatic nitrogens is 2. The molecule has 1 spiro atoms. The molecule has 6 nitrogen and oxygen atoms in total. The van der Waals surface area contributed by atoms with Crippen molar-refractivity contribution < 1.29 is 0 Å². The van der Waals surface area contributed by atoms with E-state index in [9.17, 15) is 0 Å². The topological polar surface area (TPSA) is 70.6 Å². The first-order valence-electron chi connectivity index (χ1n) is 8.37. The third-order valence-electron chi connectivity index (χ3n) is 5.47. The molecule has 23 heavy (non-hydrogen) atoms. The van der Waals surface area contributed by atoms with Crippen LogP contribution in [-0.4, -0.2) is 53.0 Å². The molecule has 1 aromatic rings. The van der Waals surface area contributed by atoms with Crippen molar-refractivity contribution in [3.63, 3.8) is 0 Å². The van der Waals surface area contributed by atoms with Crippen molar-refractivity contribution in [1.29, 1.82) is 0 Å². The summed E-state index contributed by atoms with van der Waals surface area (Å²) in [5, 5.41) is 0. The van der Waals surface area contributed by atoms with Crippen LogP contribution in [0, 0.1) is 5.41 Å². The van der Waals surface area contributed by atoms with E-state index in [2.05, 4.69) is 19.8 Å². The molecule has 1 atom stereocenters. The van der Waals surface area contributed by atoms with Crippen molar-refractivity contribution in [3.05, 3.63) is 18.5 Å². The summed E-state index contributed by atoms with van der Waals surface area (Å²) in [5.41, 5.74) is 6.78. The predicted molar refractivity (Wildman–Crippen MR) is 102 cm³/mol. The Bertz CT molecular complexity index is 549. The minimum Gasteiger partial charge on any atom is -0.370 e. The second-order valence-corrected chi connectivity index (χ2v) is 6.80. The van der Waals surface area contributed by atoms with Crippen LogP contribution in [0.3, 0.4) is 0 Å². The lowest BCUT2D eigenvalue weighted by atomic mass is 10.1. The van der Waals surface area contributed by atoms with Crippen LogP contribution in [-0.2, 0) is 0 Å². The fourth-order valence-electron chi connectivity index (χ4n) is 3.96. The van der Waals surface area contributed by atoms with Crippen molar-refractivity contribution in [1.82, 2.24) is 14.9 Å². The van der Waals surface area contributed by atoms with Crippen molar-refractivity contribution in [2.24, 2.45) is 16.1 Å². The van der Waals surface area contributed by atoms with E-state index in [1.54, 1.807) is 12.4 Å². The highest BCUT2D eigenvalue weighted by molar-refractivity contribution is 14.0. The van der Waals surface area contributed by atoms with Crippen molar-refractivity contribution in [2.45, 2.75) is 38.1 Å². The van der Waals surface area contributed by atoms with Crippen LogP contribution in [0.2, 0.25) is 0 Å². The summed E-state index contributed by atoms with van der Waals surface area (Å²) in [5.74, 6) is 1.55. The van der Waals surface area contributed by atoms with Crippen LogP contribution in [0.4, 0.5) is 5.95 Å². The van der Waals surface area contributed by atoms with E-state index in [-0.39, 0.29) is 24.0 Å². The van der Waals surface area contributed by atoms with Gasteiger partial charge in [-0.15, -0.1) is 24.0 Å². The van der Waals surface area contributed by atoms with E-state index in [1.807, 2.05) is 6.07 Å². The minimum absolute atomic E-state index is 0. The average molecular weight is 428 g/mol. The zero-order chi connectivity index (χ0) is 15.0. The van der Waals surface area contributed by atoms with Crippen molar-refractivity contribution in [2.75, 3.05) is 31.1 Å². The number of rotatable bonds is 2. The van der Waals surface area contributed by atoms with Gasteiger partial charge in [0.1, 0.15) is 0 Å². The molecule has 2 aliphatic carbocycles. The van der Waals surface area contributed by atoms with Gasteiger partial charge in [0.2, 0.25) is 5.95 Å². The standard InChI is InChI=1S/C16H24N6.HI/c17-14(20-13-12-16(13)4-1-2-5-16)21-8-10-22(11-9-21)15-18-6-3-7-19-15;/h3,6-7,13H,1-2,4-5,8-12H2,(H2,17,20);1H. The van der Waals surface area contributed by atoms with E-state index < -0.39 is 0 Å². The van der Waals surface area contributed by atoms with Gasteiger partial charge in [-0.2, -0.15) is 0 Å². The van der Waals surface area contributed by atoms with Crippen LogP contribution in [0.25, 0.3) is 0 Å². The van der Waals surface area contributed by atoms with Crippen molar-refractivity contribution in [3.8, 4) is 0 Å². The third kappa shape index (κ3) is 3.39. The lowest BCUT2D eigenvalue weighted by Gasteiger charge is -2.35. The fourth-order valence-corrected chi connectivity index (χ4v) is 3.96. The largest absolute Gasteiger partial charge is 0.370 e. The van der Waals surface area contributed by atoms with E-state index in [0.717, 1.165) is 38.1 Å². The number of halogens is 1. The number of anilines is 1. The average Bonchev–Trinajstić information content (AvgIpc) is 3.01. The van der Waals surface area contributed by atoms with Gasteiger partial charge in [-0.1, -0.05) is 12.8 Å². The summed E-state index contributed by atoms with van der Waals surface area (Å²) in [6, 6.07) is 2.34. The molecule has 3 fully saturated rings. The predicted octanol–water partition coefficient (Wildman–Crippen LogP) is 1.86. The number of piperazine rings is 1. The SMILES string of the molecule is I.NC(=NC1CC12CCCC2)N1CCN(c2ncccn2)CC1. The highest BCUT2D eigenvalue weighted by Crippen LogP contribution is 2.59.